The molecule has 1 amide bonds. The van der Waals surface area contributed by atoms with Crippen molar-refractivity contribution in [2.24, 2.45) is 0 Å². The van der Waals surface area contributed by atoms with E-state index in [-0.39, 0.29) is 5.91 Å². The Morgan fingerprint density at radius 1 is 1.23 bits per heavy atom. The predicted molar refractivity (Wildman–Crippen MR) is 91.7 cm³/mol. The van der Waals surface area contributed by atoms with Crippen LogP contribution in [0.1, 0.15) is 32.4 Å². The lowest BCUT2D eigenvalue weighted by atomic mass is 10.2. The molecule has 4 nitrogen and oxygen atoms in total. The Labute approximate surface area is 139 Å². The van der Waals surface area contributed by atoms with E-state index in [9.17, 15) is 4.79 Å². The maximum Gasteiger partial charge on any atom is 0.264 e. The van der Waals surface area contributed by atoms with Gasteiger partial charge in [0, 0.05) is 38.1 Å². The quantitative estimate of drug-likeness (QED) is 0.864. The third kappa shape index (κ3) is 3.56. The van der Waals surface area contributed by atoms with Gasteiger partial charge in [0.2, 0.25) is 0 Å². The van der Waals surface area contributed by atoms with Gasteiger partial charge >= 0.3 is 0 Å². The molecule has 118 valence electrons. The van der Waals surface area contributed by atoms with Gasteiger partial charge in [-0.3, -0.25) is 9.69 Å². The number of hydrogen-bond acceptors (Lipinski definition) is 5. The molecule has 1 aliphatic rings. The van der Waals surface area contributed by atoms with Crippen LogP contribution in [0.4, 0.5) is 0 Å². The van der Waals surface area contributed by atoms with Gasteiger partial charge in [0.25, 0.3) is 5.91 Å². The van der Waals surface area contributed by atoms with Crippen LogP contribution < -0.4 is 0 Å². The topological polar surface area (TPSA) is 36.4 Å². The summed E-state index contributed by atoms with van der Waals surface area (Å²) in [6, 6.07) is 2.02. The SMILES string of the molecule is Cc1nc(CN2CCCN(C(=O)c3sccc3C)CC2)cs1. The van der Waals surface area contributed by atoms with E-state index in [0.717, 1.165) is 60.3 Å². The molecule has 0 radical (unpaired) electrons. The number of aromatic nitrogens is 1. The van der Waals surface area contributed by atoms with Gasteiger partial charge in [0.15, 0.2) is 0 Å². The van der Waals surface area contributed by atoms with Crippen molar-refractivity contribution in [3.05, 3.63) is 38.0 Å². The highest BCUT2D eigenvalue weighted by Crippen LogP contribution is 2.19. The zero-order valence-corrected chi connectivity index (χ0v) is 14.7. The highest BCUT2D eigenvalue weighted by molar-refractivity contribution is 7.12. The smallest absolute Gasteiger partial charge is 0.264 e. The van der Waals surface area contributed by atoms with Gasteiger partial charge in [-0.05, 0) is 37.3 Å². The summed E-state index contributed by atoms with van der Waals surface area (Å²) in [4.78, 5) is 22.5. The third-order valence-corrected chi connectivity index (χ3v) is 5.81. The molecule has 2 aromatic rings. The lowest BCUT2D eigenvalue weighted by molar-refractivity contribution is 0.0765. The minimum absolute atomic E-state index is 0.193. The van der Waals surface area contributed by atoms with E-state index in [0.29, 0.717) is 0 Å². The molecule has 1 saturated heterocycles. The van der Waals surface area contributed by atoms with Crippen LogP contribution in [-0.2, 0) is 6.54 Å². The number of thiophene rings is 1. The molecule has 0 aromatic carbocycles. The average molecular weight is 335 g/mol. The van der Waals surface area contributed by atoms with Gasteiger partial charge < -0.3 is 4.90 Å². The van der Waals surface area contributed by atoms with E-state index < -0.39 is 0 Å². The second kappa shape index (κ2) is 6.89. The first-order chi connectivity index (χ1) is 10.6. The van der Waals surface area contributed by atoms with Crippen molar-refractivity contribution in [1.29, 1.82) is 0 Å². The van der Waals surface area contributed by atoms with Crippen molar-refractivity contribution in [2.75, 3.05) is 26.2 Å². The van der Waals surface area contributed by atoms with Crippen LogP contribution in [0.3, 0.4) is 0 Å². The monoisotopic (exact) mass is 335 g/mol. The molecule has 3 rings (SSSR count). The van der Waals surface area contributed by atoms with Gasteiger partial charge in [0.1, 0.15) is 0 Å². The number of thiazole rings is 1. The van der Waals surface area contributed by atoms with E-state index in [2.05, 4.69) is 15.3 Å². The number of aryl methyl sites for hydroxylation is 2. The van der Waals surface area contributed by atoms with Crippen LogP contribution >= 0.6 is 22.7 Å². The largest absolute Gasteiger partial charge is 0.337 e. The van der Waals surface area contributed by atoms with Crippen molar-refractivity contribution in [2.45, 2.75) is 26.8 Å². The molecule has 2 aromatic heterocycles. The lowest BCUT2D eigenvalue weighted by Crippen LogP contribution is -2.35. The maximum atomic E-state index is 12.6. The van der Waals surface area contributed by atoms with Crippen LogP contribution in [0.25, 0.3) is 0 Å². The van der Waals surface area contributed by atoms with E-state index in [1.54, 1.807) is 22.7 Å². The zero-order chi connectivity index (χ0) is 15.5. The van der Waals surface area contributed by atoms with Gasteiger partial charge in [-0.15, -0.1) is 22.7 Å². The van der Waals surface area contributed by atoms with Gasteiger partial charge in [-0.1, -0.05) is 0 Å². The fraction of sp³-hybridized carbons (Fsp3) is 0.500. The first kappa shape index (κ1) is 15.6. The molecule has 1 fully saturated rings. The second-order valence-corrected chi connectivity index (χ2v) is 7.69. The summed E-state index contributed by atoms with van der Waals surface area (Å²) < 4.78 is 0. The first-order valence-corrected chi connectivity index (χ1v) is 9.36. The summed E-state index contributed by atoms with van der Waals surface area (Å²) in [5, 5.41) is 5.25. The molecular formula is C16H21N3OS2. The van der Waals surface area contributed by atoms with Gasteiger partial charge in [-0.2, -0.15) is 0 Å². The average Bonchev–Trinajstić information content (AvgIpc) is 3.02. The number of rotatable bonds is 3. The number of amides is 1. The van der Waals surface area contributed by atoms with Crippen molar-refractivity contribution in [3.8, 4) is 0 Å². The molecule has 6 heteroatoms. The van der Waals surface area contributed by atoms with Crippen LogP contribution in [-0.4, -0.2) is 46.9 Å². The van der Waals surface area contributed by atoms with Gasteiger partial charge in [-0.25, -0.2) is 4.98 Å². The van der Waals surface area contributed by atoms with Crippen molar-refractivity contribution < 1.29 is 4.79 Å². The molecule has 0 aliphatic carbocycles. The van der Waals surface area contributed by atoms with Crippen LogP contribution in [0.5, 0.6) is 0 Å². The normalized spacial score (nSPS) is 16.7. The minimum Gasteiger partial charge on any atom is -0.337 e. The summed E-state index contributed by atoms with van der Waals surface area (Å²) in [6.45, 7) is 8.56. The van der Waals surface area contributed by atoms with Crippen LogP contribution in [0.15, 0.2) is 16.8 Å². The fourth-order valence-electron chi connectivity index (χ4n) is 2.78. The first-order valence-electron chi connectivity index (χ1n) is 7.60. The van der Waals surface area contributed by atoms with E-state index in [4.69, 9.17) is 0 Å². The molecule has 1 aliphatic heterocycles. The summed E-state index contributed by atoms with van der Waals surface area (Å²) >= 11 is 3.25. The lowest BCUT2D eigenvalue weighted by Gasteiger charge is -2.21. The Morgan fingerprint density at radius 2 is 2.09 bits per heavy atom. The molecular weight excluding hydrogens is 314 g/mol. The number of nitrogens with zero attached hydrogens (tertiary/aromatic N) is 3. The summed E-state index contributed by atoms with van der Waals surface area (Å²) in [5.74, 6) is 0.193. The molecule has 0 atom stereocenters. The van der Waals surface area contributed by atoms with Crippen LogP contribution in [0, 0.1) is 13.8 Å². The second-order valence-electron chi connectivity index (χ2n) is 5.71. The highest BCUT2D eigenvalue weighted by atomic mass is 32.1. The van der Waals surface area contributed by atoms with Crippen LogP contribution in [0.2, 0.25) is 0 Å². The maximum absolute atomic E-state index is 12.6. The number of hydrogen-bond donors (Lipinski definition) is 0. The summed E-state index contributed by atoms with van der Waals surface area (Å²) in [5.41, 5.74) is 2.24. The Kier molecular flexibility index (Phi) is 4.90. The van der Waals surface area contributed by atoms with Crippen molar-refractivity contribution in [3.63, 3.8) is 0 Å². The summed E-state index contributed by atoms with van der Waals surface area (Å²) in [6.07, 6.45) is 1.03. The molecule has 3 heterocycles. The number of carbonyl (C=O) groups is 1. The Balaban J connectivity index is 1.60. The molecule has 0 spiro atoms. The molecule has 0 saturated carbocycles. The van der Waals surface area contributed by atoms with E-state index in [1.165, 1.54) is 0 Å². The Bertz CT molecular complexity index is 649. The Hall–Kier alpha value is -1.24. The molecule has 0 bridgehead atoms. The predicted octanol–water partition coefficient (Wildman–Crippen LogP) is 3.17. The standard InChI is InChI=1S/C16H21N3OS2/c1-12-4-9-21-15(12)16(20)19-6-3-5-18(7-8-19)10-14-11-22-13(2)17-14/h4,9,11H,3,5-8,10H2,1-2H3. The minimum atomic E-state index is 0.193. The zero-order valence-electron chi connectivity index (χ0n) is 13.0. The third-order valence-electron chi connectivity index (χ3n) is 3.98. The van der Waals surface area contributed by atoms with Gasteiger partial charge in [0.05, 0.1) is 15.6 Å². The van der Waals surface area contributed by atoms with Crippen molar-refractivity contribution >= 4 is 28.6 Å². The van der Waals surface area contributed by atoms with E-state index >= 15 is 0 Å². The molecule has 0 unspecified atom stereocenters. The van der Waals surface area contributed by atoms with E-state index in [1.807, 2.05) is 30.2 Å². The Morgan fingerprint density at radius 3 is 2.77 bits per heavy atom. The molecule has 0 N–H and O–H groups in total. The number of carbonyl (C=O) groups excluding carboxylic acids is 1. The van der Waals surface area contributed by atoms with Crippen molar-refractivity contribution in [1.82, 2.24) is 14.8 Å². The molecule has 22 heavy (non-hydrogen) atoms. The highest BCUT2D eigenvalue weighted by Gasteiger charge is 2.22. The summed E-state index contributed by atoms with van der Waals surface area (Å²) in [7, 11) is 0. The fourth-order valence-corrected chi connectivity index (χ4v) is 4.27.